The van der Waals surface area contributed by atoms with E-state index in [4.69, 9.17) is 19.9 Å². The van der Waals surface area contributed by atoms with Crippen molar-refractivity contribution in [3.05, 3.63) is 88.4 Å². The molecule has 2 N–H and O–H groups in total. The third-order valence-electron chi connectivity index (χ3n) is 5.70. The highest BCUT2D eigenvalue weighted by atomic mass is 16.5. The molecule has 0 saturated carbocycles. The van der Waals surface area contributed by atoms with Crippen molar-refractivity contribution in [1.82, 2.24) is 0 Å². The Morgan fingerprint density at radius 3 is 2.33 bits per heavy atom. The summed E-state index contributed by atoms with van der Waals surface area (Å²) in [7, 11) is 2.38. The van der Waals surface area contributed by atoms with Gasteiger partial charge in [-0.05, 0) is 36.6 Å². The predicted molar refractivity (Wildman–Crippen MR) is 131 cm³/mol. The third-order valence-corrected chi connectivity index (χ3v) is 5.70. The third kappa shape index (κ3) is 5.23. The number of nitrogens with zero attached hydrogens (tertiary/aromatic N) is 2. The Morgan fingerprint density at radius 1 is 1.03 bits per heavy atom. The topological polar surface area (TPSA) is 132 Å². The van der Waals surface area contributed by atoms with Crippen LogP contribution in [0.15, 0.2) is 77.3 Å². The Hall–Kier alpha value is -4.58. The summed E-state index contributed by atoms with van der Waals surface area (Å²) in [6.07, 6.45) is 0.540. The first-order valence-corrected chi connectivity index (χ1v) is 11.3. The van der Waals surface area contributed by atoms with Gasteiger partial charge >= 0.3 is 17.9 Å². The zero-order chi connectivity index (χ0) is 26.2. The van der Waals surface area contributed by atoms with Crippen LogP contribution in [0, 0.1) is 11.3 Å². The quantitative estimate of drug-likeness (QED) is 0.439. The minimum absolute atomic E-state index is 0.0260. The summed E-state index contributed by atoms with van der Waals surface area (Å²) >= 11 is 0. The standard InChI is InChI=1S/C27H27N3O6/c1-4-36-21(31)14-13-17-9-8-12-19(15-17)30-24(27(33)35-3)23(26(32)34-2)22(20(16-28)25(30)29)18-10-6-5-7-11-18/h5-12,15,22H,4,13-14,29H2,1-3H3. The molecule has 0 spiro atoms. The number of ether oxygens (including phenoxy) is 3. The molecule has 0 amide bonds. The van der Waals surface area contributed by atoms with Gasteiger partial charge in [0.2, 0.25) is 0 Å². The highest BCUT2D eigenvalue weighted by Crippen LogP contribution is 2.43. The number of esters is 3. The molecule has 1 aliphatic heterocycles. The van der Waals surface area contributed by atoms with Crippen molar-refractivity contribution >= 4 is 23.6 Å². The molecule has 1 aliphatic rings. The Morgan fingerprint density at radius 2 is 1.72 bits per heavy atom. The highest BCUT2D eigenvalue weighted by molar-refractivity contribution is 6.06. The molecule has 0 saturated heterocycles. The number of hydrogen-bond donors (Lipinski definition) is 1. The molecule has 1 atom stereocenters. The summed E-state index contributed by atoms with van der Waals surface area (Å²) in [6, 6.07) is 17.8. The SMILES string of the molecule is CCOC(=O)CCc1cccc(N2C(N)=C(C#N)C(c3ccccc3)C(C(=O)OC)=C2C(=O)OC)c1. The molecule has 186 valence electrons. The van der Waals surface area contributed by atoms with Gasteiger partial charge in [0, 0.05) is 12.1 Å². The van der Waals surface area contributed by atoms with Gasteiger partial charge < -0.3 is 19.9 Å². The van der Waals surface area contributed by atoms with Crippen molar-refractivity contribution in [2.45, 2.75) is 25.7 Å². The molecule has 3 rings (SSSR count). The molecule has 2 aromatic rings. The zero-order valence-electron chi connectivity index (χ0n) is 20.3. The minimum Gasteiger partial charge on any atom is -0.466 e. The predicted octanol–water partition coefficient (Wildman–Crippen LogP) is 3.08. The molecule has 2 aromatic carbocycles. The summed E-state index contributed by atoms with van der Waals surface area (Å²) in [5.74, 6) is -2.93. The Labute approximate surface area is 209 Å². The second-order valence-electron chi connectivity index (χ2n) is 7.81. The normalized spacial score (nSPS) is 15.3. The number of methoxy groups -OCH3 is 2. The first-order chi connectivity index (χ1) is 17.4. The number of aryl methyl sites for hydroxylation is 1. The molecule has 9 heteroatoms. The lowest BCUT2D eigenvalue weighted by atomic mass is 9.81. The Kier molecular flexibility index (Phi) is 8.47. The maximum Gasteiger partial charge on any atom is 0.355 e. The number of benzene rings is 2. The monoisotopic (exact) mass is 489 g/mol. The van der Waals surface area contributed by atoms with Crippen LogP contribution in [0.5, 0.6) is 0 Å². The van der Waals surface area contributed by atoms with Gasteiger partial charge in [-0.25, -0.2) is 9.59 Å². The largest absolute Gasteiger partial charge is 0.466 e. The Balaban J connectivity index is 2.22. The first kappa shape index (κ1) is 26.0. The fraction of sp³-hybridized carbons (Fsp3) is 0.259. The average molecular weight is 490 g/mol. The summed E-state index contributed by atoms with van der Waals surface area (Å²) in [5.41, 5.74) is 8.12. The van der Waals surface area contributed by atoms with Crippen LogP contribution in [0.3, 0.4) is 0 Å². The lowest BCUT2D eigenvalue weighted by Gasteiger charge is -2.36. The van der Waals surface area contributed by atoms with Crippen molar-refractivity contribution in [2.75, 3.05) is 25.7 Å². The number of carbonyl (C=O) groups excluding carboxylic acids is 3. The number of hydrogen-bond acceptors (Lipinski definition) is 9. The van der Waals surface area contributed by atoms with E-state index in [-0.39, 0.29) is 41.7 Å². The Bertz CT molecular complexity index is 1260. The van der Waals surface area contributed by atoms with Crippen LogP contribution in [0.2, 0.25) is 0 Å². The van der Waals surface area contributed by atoms with E-state index < -0.39 is 17.9 Å². The molecule has 0 aliphatic carbocycles. The summed E-state index contributed by atoms with van der Waals surface area (Å²) < 4.78 is 15.1. The maximum atomic E-state index is 13.1. The van der Waals surface area contributed by atoms with Gasteiger partial charge in [-0.3, -0.25) is 9.69 Å². The van der Waals surface area contributed by atoms with Crippen LogP contribution in [0.4, 0.5) is 5.69 Å². The van der Waals surface area contributed by atoms with Crippen LogP contribution >= 0.6 is 0 Å². The average Bonchev–Trinajstić information content (AvgIpc) is 2.91. The minimum atomic E-state index is -0.944. The summed E-state index contributed by atoms with van der Waals surface area (Å²) in [5, 5.41) is 10.1. The zero-order valence-corrected chi connectivity index (χ0v) is 20.3. The fourth-order valence-corrected chi connectivity index (χ4v) is 4.11. The van der Waals surface area contributed by atoms with E-state index in [0.29, 0.717) is 17.7 Å². The molecule has 1 unspecified atom stereocenters. The van der Waals surface area contributed by atoms with Crippen LogP contribution in [0.1, 0.15) is 30.4 Å². The number of carbonyl (C=O) groups is 3. The lowest BCUT2D eigenvalue weighted by molar-refractivity contribution is -0.143. The second-order valence-corrected chi connectivity index (χ2v) is 7.81. The van der Waals surface area contributed by atoms with E-state index in [1.807, 2.05) is 6.07 Å². The highest BCUT2D eigenvalue weighted by Gasteiger charge is 2.43. The van der Waals surface area contributed by atoms with Crippen molar-refractivity contribution in [3.63, 3.8) is 0 Å². The van der Waals surface area contributed by atoms with Crippen LogP contribution < -0.4 is 10.6 Å². The molecule has 9 nitrogen and oxygen atoms in total. The van der Waals surface area contributed by atoms with E-state index in [2.05, 4.69) is 6.07 Å². The molecule has 1 heterocycles. The molecule has 0 aromatic heterocycles. The maximum absolute atomic E-state index is 13.1. The molecule has 0 bridgehead atoms. The van der Waals surface area contributed by atoms with Gasteiger partial charge in [0.15, 0.2) is 0 Å². The van der Waals surface area contributed by atoms with Gasteiger partial charge in [-0.2, -0.15) is 5.26 Å². The number of nitrogens with two attached hydrogens (primary N) is 1. The van der Waals surface area contributed by atoms with Crippen LogP contribution in [-0.4, -0.2) is 38.7 Å². The van der Waals surface area contributed by atoms with Crippen LogP contribution in [0.25, 0.3) is 0 Å². The molecular formula is C27H27N3O6. The smallest absolute Gasteiger partial charge is 0.355 e. The van der Waals surface area contributed by atoms with Crippen LogP contribution in [-0.2, 0) is 35.0 Å². The fourth-order valence-electron chi connectivity index (χ4n) is 4.11. The van der Waals surface area contributed by atoms with Gasteiger partial charge in [0.25, 0.3) is 0 Å². The van der Waals surface area contributed by atoms with E-state index in [1.165, 1.54) is 19.1 Å². The first-order valence-electron chi connectivity index (χ1n) is 11.3. The van der Waals surface area contributed by atoms with Crippen molar-refractivity contribution < 1.29 is 28.6 Å². The molecule has 0 radical (unpaired) electrons. The van der Waals surface area contributed by atoms with Gasteiger partial charge in [-0.1, -0.05) is 42.5 Å². The van der Waals surface area contributed by atoms with Crippen molar-refractivity contribution in [1.29, 1.82) is 5.26 Å². The molecular weight excluding hydrogens is 462 g/mol. The number of nitriles is 1. The molecule has 0 fully saturated rings. The van der Waals surface area contributed by atoms with Gasteiger partial charge in [-0.15, -0.1) is 0 Å². The van der Waals surface area contributed by atoms with E-state index >= 15 is 0 Å². The lowest BCUT2D eigenvalue weighted by Crippen LogP contribution is -2.40. The second kappa shape index (κ2) is 11.7. The summed E-state index contributed by atoms with van der Waals surface area (Å²) in [4.78, 5) is 39.4. The summed E-state index contributed by atoms with van der Waals surface area (Å²) in [6.45, 7) is 2.02. The van der Waals surface area contributed by atoms with E-state index in [9.17, 15) is 19.6 Å². The number of anilines is 1. The van der Waals surface area contributed by atoms with E-state index in [1.54, 1.807) is 55.5 Å². The van der Waals surface area contributed by atoms with E-state index in [0.717, 1.165) is 5.56 Å². The molecule has 36 heavy (non-hydrogen) atoms. The number of allylic oxidation sites excluding steroid dienone is 1. The van der Waals surface area contributed by atoms with Gasteiger partial charge in [0.1, 0.15) is 11.5 Å². The number of rotatable bonds is 8. The van der Waals surface area contributed by atoms with Crippen molar-refractivity contribution in [3.8, 4) is 6.07 Å². The van der Waals surface area contributed by atoms with Crippen molar-refractivity contribution in [2.24, 2.45) is 5.73 Å². The van der Waals surface area contributed by atoms with Gasteiger partial charge in [0.05, 0.1) is 44.0 Å².